The van der Waals surface area contributed by atoms with E-state index in [1.54, 1.807) is 6.08 Å². The summed E-state index contributed by atoms with van der Waals surface area (Å²) in [5.74, 6) is -0.0648. The van der Waals surface area contributed by atoms with Gasteiger partial charge in [0.05, 0.1) is 18.8 Å². The molecule has 3 N–H and O–H groups in total. The Kier molecular flexibility index (Phi) is 41.8. The summed E-state index contributed by atoms with van der Waals surface area (Å²) in [6.07, 6.45) is 53.5. The molecule has 0 aromatic heterocycles. The molecular weight excluding hydrogens is 615 g/mol. The first-order valence-corrected chi connectivity index (χ1v) is 22.9. The predicted octanol–water partition coefficient (Wildman–Crippen LogP) is 14.2. The Bertz CT molecular complexity index is 680. The topological polar surface area (TPSA) is 69.6 Å². The van der Waals surface area contributed by atoms with Crippen LogP contribution in [0.4, 0.5) is 0 Å². The molecule has 50 heavy (non-hydrogen) atoms. The Balaban J connectivity index is 3.41. The highest BCUT2D eigenvalue weighted by molar-refractivity contribution is 5.76. The lowest BCUT2D eigenvalue weighted by atomic mass is 10.0. The number of aliphatic hydroxyl groups is 2. The zero-order valence-electron chi connectivity index (χ0n) is 34.2. The molecule has 0 saturated carbocycles. The van der Waals surface area contributed by atoms with Crippen LogP contribution >= 0.6 is 0 Å². The normalized spacial score (nSPS) is 13.0. The van der Waals surface area contributed by atoms with Gasteiger partial charge in [-0.2, -0.15) is 0 Å². The minimum atomic E-state index is -0.832. The molecule has 0 spiro atoms. The lowest BCUT2D eigenvalue weighted by Gasteiger charge is -2.20. The number of rotatable bonds is 42. The van der Waals surface area contributed by atoms with Gasteiger partial charge in [-0.15, -0.1) is 0 Å². The second kappa shape index (κ2) is 42.5. The predicted molar refractivity (Wildman–Crippen MR) is 221 cm³/mol. The SMILES string of the molecule is CCCCCCCCCCCCCCCCCCCCCCCCCCCCC/C=C/C(O)C(CO)NC(=O)CCCCCCCCCCC. The maximum atomic E-state index is 12.3. The number of unbranched alkanes of at least 4 members (excludes halogenated alkanes) is 35. The number of nitrogens with one attached hydrogen (secondary N) is 1. The molecule has 0 bridgehead atoms. The molecule has 0 fully saturated rings. The van der Waals surface area contributed by atoms with Crippen molar-refractivity contribution in [1.29, 1.82) is 0 Å². The van der Waals surface area contributed by atoms with Gasteiger partial charge in [0.25, 0.3) is 0 Å². The van der Waals surface area contributed by atoms with Gasteiger partial charge in [0.15, 0.2) is 0 Å². The van der Waals surface area contributed by atoms with Crippen molar-refractivity contribution in [3.8, 4) is 0 Å². The number of allylic oxidation sites excluding steroid dienone is 1. The molecule has 1 amide bonds. The van der Waals surface area contributed by atoms with Crippen molar-refractivity contribution < 1.29 is 15.0 Å². The standard InChI is InChI=1S/C46H91NO3/c1-3-5-7-9-11-13-14-15-16-17-18-19-20-21-22-23-24-25-26-27-28-29-30-31-32-34-35-37-39-41-45(49)44(43-48)47-46(50)42-40-38-36-33-12-10-8-6-4-2/h39,41,44-45,48-49H,3-38,40,42-43H2,1-2H3,(H,47,50)/b41-39+. The van der Waals surface area contributed by atoms with Gasteiger partial charge < -0.3 is 15.5 Å². The van der Waals surface area contributed by atoms with Crippen LogP contribution in [0, 0.1) is 0 Å². The maximum absolute atomic E-state index is 12.3. The first-order valence-electron chi connectivity index (χ1n) is 22.9. The summed E-state index contributed by atoms with van der Waals surface area (Å²) in [5, 5.41) is 22.9. The molecule has 0 aliphatic heterocycles. The van der Waals surface area contributed by atoms with Crippen molar-refractivity contribution >= 4 is 5.91 Å². The minimum Gasteiger partial charge on any atom is -0.394 e. The number of hydrogen-bond acceptors (Lipinski definition) is 3. The summed E-state index contributed by atoms with van der Waals surface area (Å²) in [6, 6.07) is -0.615. The van der Waals surface area contributed by atoms with E-state index in [2.05, 4.69) is 19.2 Å². The van der Waals surface area contributed by atoms with Gasteiger partial charge in [-0.25, -0.2) is 0 Å². The Morgan fingerprint density at radius 3 is 1.04 bits per heavy atom. The van der Waals surface area contributed by atoms with E-state index in [-0.39, 0.29) is 12.5 Å². The molecule has 0 heterocycles. The van der Waals surface area contributed by atoms with E-state index in [1.807, 2.05) is 6.08 Å². The summed E-state index contributed by atoms with van der Waals surface area (Å²) in [7, 11) is 0. The number of carbonyl (C=O) groups is 1. The van der Waals surface area contributed by atoms with E-state index < -0.39 is 12.1 Å². The molecular formula is C46H91NO3. The highest BCUT2D eigenvalue weighted by atomic mass is 16.3. The average Bonchev–Trinajstić information content (AvgIpc) is 3.12. The van der Waals surface area contributed by atoms with Crippen LogP contribution in [0.15, 0.2) is 12.2 Å². The van der Waals surface area contributed by atoms with E-state index in [9.17, 15) is 15.0 Å². The number of carbonyl (C=O) groups excluding carboxylic acids is 1. The molecule has 298 valence electrons. The van der Waals surface area contributed by atoms with Gasteiger partial charge in [0.1, 0.15) is 0 Å². The Hall–Kier alpha value is -0.870. The summed E-state index contributed by atoms with van der Waals surface area (Å²) < 4.78 is 0. The minimum absolute atomic E-state index is 0.0648. The van der Waals surface area contributed by atoms with Crippen LogP contribution in [0.1, 0.15) is 258 Å². The molecule has 4 nitrogen and oxygen atoms in total. The van der Waals surface area contributed by atoms with Crippen LogP contribution in [0.2, 0.25) is 0 Å². The first kappa shape index (κ1) is 49.1. The van der Waals surface area contributed by atoms with Gasteiger partial charge in [-0.3, -0.25) is 4.79 Å². The van der Waals surface area contributed by atoms with Crippen molar-refractivity contribution in [1.82, 2.24) is 5.32 Å². The lowest BCUT2D eigenvalue weighted by Crippen LogP contribution is -2.45. The third kappa shape index (κ3) is 38.4. The molecule has 0 aromatic carbocycles. The largest absolute Gasteiger partial charge is 0.394 e. The summed E-state index contributed by atoms with van der Waals surface area (Å²) in [6.45, 7) is 4.30. The van der Waals surface area contributed by atoms with E-state index in [1.165, 1.54) is 212 Å². The van der Waals surface area contributed by atoms with Crippen LogP contribution in [0.3, 0.4) is 0 Å². The van der Waals surface area contributed by atoms with Crippen LogP contribution in [-0.4, -0.2) is 34.9 Å². The molecule has 2 atom stereocenters. The third-order valence-electron chi connectivity index (χ3n) is 10.8. The third-order valence-corrected chi connectivity index (χ3v) is 10.8. The molecule has 0 saturated heterocycles. The Morgan fingerprint density at radius 1 is 0.460 bits per heavy atom. The quantitative estimate of drug-likeness (QED) is 0.0437. The van der Waals surface area contributed by atoms with Crippen molar-refractivity contribution in [2.75, 3.05) is 6.61 Å². The van der Waals surface area contributed by atoms with Crippen LogP contribution in [0.5, 0.6) is 0 Å². The molecule has 0 rings (SSSR count). The molecule has 0 aliphatic carbocycles. The second-order valence-corrected chi connectivity index (χ2v) is 15.8. The van der Waals surface area contributed by atoms with Crippen molar-refractivity contribution in [2.45, 2.75) is 270 Å². The Morgan fingerprint density at radius 2 is 0.740 bits per heavy atom. The maximum Gasteiger partial charge on any atom is 0.220 e. The van der Waals surface area contributed by atoms with Gasteiger partial charge in [0, 0.05) is 6.42 Å². The lowest BCUT2D eigenvalue weighted by molar-refractivity contribution is -0.123. The average molecular weight is 706 g/mol. The van der Waals surface area contributed by atoms with E-state index >= 15 is 0 Å². The molecule has 0 radical (unpaired) electrons. The monoisotopic (exact) mass is 706 g/mol. The van der Waals surface area contributed by atoms with E-state index in [0.717, 1.165) is 25.7 Å². The number of amides is 1. The van der Waals surface area contributed by atoms with Crippen molar-refractivity contribution in [2.24, 2.45) is 0 Å². The van der Waals surface area contributed by atoms with Crippen LogP contribution in [-0.2, 0) is 4.79 Å². The highest BCUT2D eigenvalue weighted by Gasteiger charge is 2.17. The summed E-state index contributed by atoms with van der Waals surface area (Å²) in [5.41, 5.74) is 0. The van der Waals surface area contributed by atoms with Gasteiger partial charge >= 0.3 is 0 Å². The zero-order valence-corrected chi connectivity index (χ0v) is 34.2. The smallest absolute Gasteiger partial charge is 0.220 e. The van der Waals surface area contributed by atoms with Gasteiger partial charge in [-0.1, -0.05) is 244 Å². The molecule has 0 aromatic rings. The van der Waals surface area contributed by atoms with Crippen LogP contribution in [0.25, 0.3) is 0 Å². The fourth-order valence-corrected chi connectivity index (χ4v) is 7.24. The molecule has 0 aliphatic rings. The fraction of sp³-hybridized carbons (Fsp3) is 0.935. The van der Waals surface area contributed by atoms with E-state index in [4.69, 9.17) is 0 Å². The first-order chi connectivity index (χ1) is 24.7. The number of aliphatic hydroxyl groups excluding tert-OH is 2. The van der Waals surface area contributed by atoms with E-state index in [0.29, 0.717) is 6.42 Å². The zero-order chi connectivity index (χ0) is 36.4. The Labute approximate surface area is 314 Å². The second-order valence-electron chi connectivity index (χ2n) is 15.8. The highest BCUT2D eigenvalue weighted by Crippen LogP contribution is 2.17. The van der Waals surface area contributed by atoms with Crippen molar-refractivity contribution in [3.63, 3.8) is 0 Å². The number of hydrogen-bond donors (Lipinski definition) is 3. The van der Waals surface area contributed by atoms with Gasteiger partial charge in [-0.05, 0) is 19.3 Å². The van der Waals surface area contributed by atoms with Crippen LogP contribution < -0.4 is 5.32 Å². The summed E-state index contributed by atoms with van der Waals surface area (Å²) >= 11 is 0. The molecule has 4 heteroatoms. The summed E-state index contributed by atoms with van der Waals surface area (Å²) in [4.78, 5) is 12.3. The fourth-order valence-electron chi connectivity index (χ4n) is 7.24. The van der Waals surface area contributed by atoms with Crippen molar-refractivity contribution in [3.05, 3.63) is 12.2 Å². The van der Waals surface area contributed by atoms with Gasteiger partial charge in [0.2, 0.25) is 5.91 Å². The molecule has 2 unspecified atom stereocenters.